The van der Waals surface area contributed by atoms with E-state index < -0.39 is 0 Å². The molecule has 0 unspecified atom stereocenters. The molecule has 1 fully saturated rings. The van der Waals surface area contributed by atoms with Crippen molar-refractivity contribution in [3.63, 3.8) is 0 Å². The molecule has 4 rings (SSSR count). The van der Waals surface area contributed by atoms with Crippen molar-refractivity contribution in [2.24, 2.45) is 0 Å². The zero-order chi connectivity index (χ0) is 22.0. The number of carbonyl (C=O) groups is 1. The van der Waals surface area contributed by atoms with Crippen LogP contribution in [0.1, 0.15) is 22.3 Å². The normalized spacial score (nSPS) is 14.8. The van der Waals surface area contributed by atoms with E-state index in [0.29, 0.717) is 27.3 Å². The van der Waals surface area contributed by atoms with Crippen LogP contribution in [-0.4, -0.2) is 55.2 Å². The van der Waals surface area contributed by atoms with Crippen molar-refractivity contribution in [1.29, 1.82) is 0 Å². The van der Waals surface area contributed by atoms with Crippen LogP contribution in [-0.2, 0) is 4.74 Å². The van der Waals surface area contributed by atoms with E-state index in [1.165, 1.54) is 11.3 Å². The Morgan fingerprint density at radius 2 is 1.97 bits per heavy atom. The van der Waals surface area contributed by atoms with Crippen LogP contribution in [0.5, 0.6) is 0 Å². The summed E-state index contributed by atoms with van der Waals surface area (Å²) in [5, 5.41) is 1.70. The molecule has 164 valence electrons. The fourth-order valence-electron chi connectivity index (χ4n) is 3.57. The van der Waals surface area contributed by atoms with Gasteiger partial charge in [-0.2, -0.15) is 0 Å². The van der Waals surface area contributed by atoms with E-state index in [9.17, 15) is 4.79 Å². The molecule has 0 aliphatic carbocycles. The number of hydrogen-bond donors (Lipinski definition) is 0. The Bertz CT molecular complexity index is 1060. The largest absolute Gasteiger partial charge is 0.379 e. The number of thiazole rings is 1. The zero-order valence-electron chi connectivity index (χ0n) is 17.0. The first-order chi connectivity index (χ1) is 14.9. The minimum Gasteiger partial charge on any atom is -0.379 e. The maximum Gasteiger partial charge on any atom is 0.261 e. The van der Waals surface area contributed by atoms with Crippen LogP contribution in [0.2, 0.25) is 10.0 Å². The van der Waals surface area contributed by atoms with Crippen molar-refractivity contribution in [3.8, 4) is 0 Å². The van der Waals surface area contributed by atoms with Gasteiger partial charge in [-0.25, -0.2) is 4.98 Å². The van der Waals surface area contributed by atoms with Crippen LogP contribution in [0.4, 0.5) is 5.13 Å². The van der Waals surface area contributed by atoms with Gasteiger partial charge in [-0.15, -0.1) is 0 Å². The summed E-state index contributed by atoms with van der Waals surface area (Å²) in [7, 11) is 0. The number of carbonyl (C=O) groups excluding carboxylic acids is 1. The molecule has 0 radical (unpaired) electrons. The van der Waals surface area contributed by atoms with Crippen molar-refractivity contribution in [2.45, 2.75) is 13.3 Å². The lowest BCUT2D eigenvalue weighted by atomic mass is 10.2. The second-order valence-electron chi connectivity index (χ2n) is 7.43. The molecule has 2 heterocycles. The predicted molar refractivity (Wildman–Crippen MR) is 132 cm³/mol. The molecule has 2 aromatic carbocycles. The molecule has 3 aromatic rings. The van der Waals surface area contributed by atoms with Gasteiger partial charge < -0.3 is 4.74 Å². The number of nitrogens with zero attached hydrogens (tertiary/aromatic N) is 3. The molecule has 0 bridgehead atoms. The highest BCUT2D eigenvalue weighted by atomic mass is 79.9. The summed E-state index contributed by atoms with van der Waals surface area (Å²) in [4.78, 5) is 22.4. The minimum absolute atomic E-state index is 0.166. The summed E-state index contributed by atoms with van der Waals surface area (Å²) in [5.74, 6) is -0.166. The number of anilines is 1. The van der Waals surface area contributed by atoms with Gasteiger partial charge in [0.1, 0.15) is 0 Å². The number of aromatic nitrogens is 1. The number of benzene rings is 2. The molecule has 1 amide bonds. The number of halogens is 3. The number of hydrogen-bond acceptors (Lipinski definition) is 5. The van der Waals surface area contributed by atoms with Crippen LogP contribution in [0.3, 0.4) is 0 Å². The van der Waals surface area contributed by atoms with E-state index in [1.807, 2.05) is 25.1 Å². The molecular weight excluding hydrogens is 521 g/mol. The van der Waals surface area contributed by atoms with E-state index in [2.05, 4.69) is 20.8 Å². The van der Waals surface area contributed by atoms with E-state index in [0.717, 1.165) is 59.5 Å². The molecule has 31 heavy (non-hydrogen) atoms. The van der Waals surface area contributed by atoms with Crippen LogP contribution in [0.25, 0.3) is 10.2 Å². The average Bonchev–Trinajstić information content (AvgIpc) is 3.22. The van der Waals surface area contributed by atoms with Gasteiger partial charge in [0, 0.05) is 30.7 Å². The highest BCUT2D eigenvalue weighted by molar-refractivity contribution is 9.10. The number of amides is 1. The summed E-state index contributed by atoms with van der Waals surface area (Å²) in [5.41, 5.74) is 2.31. The molecule has 1 aliphatic heterocycles. The number of aryl methyl sites for hydroxylation is 1. The van der Waals surface area contributed by atoms with E-state index in [4.69, 9.17) is 32.9 Å². The van der Waals surface area contributed by atoms with Crippen molar-refractivity contribution in [2.75, 3.05) is 44.3 Å². The van der Waals surface area contributed by atoms with Gasteiger partial charge in [-0.1, -0.05) is 56.5 Å². The predicted octanol–water partition coefficient (Wildman–Crippen LogP) is 6.04. The Hall–Kier alpha value is -1.22. The topological polar surface area (TPSA) is 45.7 Å². The van der Waals surface area contributed by atoms with Gasteiger partial charge >= 0.3 is 0 Å². The van der Waals surface area contributed by atoms with Crippen LogP contribution in [0.15, 0.2) is 34.8 Å². The van der Waals surface area contributed by atoms with E-state index >= 15 is 0 Å². The highest BCUT2D eigenvalue weighted by Crippen LogP contribution is 2.36. The van der Waals surface area contributed by atoms with Crippen molar-refractivity contribution in [3.05, 3.63) is 56.0 Å². The van der Waals surface area contributed by atoms with Gasteiger partial charge in [0.05, 0.1) is 39.0 Å². The molecular formula is C22H22BrCl2N3O2S. The quantitative estimate of drug-likeness (QED) is 0.380. The van der Waals surface area contributed by atoms with Gasteiger partial charge in [0.15, 0.2) is 5.13 Å². The highest BCUT2D eigenvalue weighted by Gasteiger charge is 2.24. The summed E-state index contributed by atoms with van der Waals surface area (Å²) in [6.45, 7) is 6.78. The monoisotopic (exact) mass is 541 g/mol. The lowest BCUT2D eigenvalue weighted by molar-refractivity contribution is 0.0376. The summed E-state index contributed by atoms with van der Waals surface area (Å²) < 4.78 is 7.12. The Kier molecular flexibility index (Phi) is 7.52. The van der Waals surface area contributed by atoms with E-state index in [1.54, 1.807) is 17.0 Å². The summed E-state index contributed by atoms with van der Waals surface area (Å²) in [6, 6.07) is 9.12. The summed E-state index contributed by atoms with van der Waals surface area (Å²) in [6.07, 6.45) is 0.819. The second-order valence-corrected chi connectivity index (χ2v) is 10.1. The molecule has 9 heteroatoms. The standard InChI is InChI=1S/C22H22BrCl2N3O2S/c1-14-3-5-18(25)20-19(14)26-22(31-20)28(8-2-7-27-9-11-30-12-10-27)21(29)16-13-15(23)4-6-17(16)24/h3-6,13H,2,7-12H2,1H3. The van der Waals surface area contributed by atoms with E-state index in [-0.39, 0.29) is 5.91 Å². The Morgan fingerprint density at radius 3 is 2.71 bits per heavy atom. The maximum atomic E-state index is 13.6. The smallest absolute Gasteiger partial charge is 0.261 e. The Morgan fingerprint density at radius 1 is 1.23 bits per heavy atom. The van der Waals surface area contributed by atoms with Gasteiger partial charge in [0.2, 0.25) is 0 Å². The fraction of sp³-hybridized carbons (Fsp3) is 0.364. The van der Waals surface area contributed by atoms with Crippen molar-refractivity contribution >= 4 is 71.7 Å². The second kappa shape index (κ2) is 10.1. The molecule has 1 saturated heterocycles. The molecule has 1 aromatic heterocycles. The number of morpholine rings is 1. The molecule has 0 N–H and O–H groups in total. The molecule has 0 atom stereocenters. The first-order valence-electron chi connectivity index (χ1n) is 10.1. The van der Waals surface area contributed by atoms with Gasteiger partial charge in [-0.05, 0) is 43.2 Å². The first-order valence-corrected chi connectivity index (χ1v) is 12.4. The van der Waals surface area contributed by atoms with Crippen LogP contribution < -0.4 is 4.90 Å². The lowest BCUT2D eigenvalue weighted by Gasteiger charge is -2.28. The minimum atomic E-state index is -0.166. The van der Waals surface area contributed by atoms with Gasteiger partial charge in [0.25, 0.3) is 5.91 Å². The van der Waals surface area contributed by atoms with Crippen molar-refractivity contribution in [1.82, 2.24) is 9.88 Å². The molecule has 1 aliphatic rings. The van der Waals surface area contributed by atoms with Crippen LogP contribution >= 0.6 is 50.5 Å². The molecule has 0 saturated carbocycles. The Balaban J connectivity index is 1.65. The number of rotatable bonds is 6. The maximum absolute atomic E-state index is 13.6. The number of fused-ring (bicyclic) bond motifs is 1. The van der Waals surface area contributed by atoms with Gasteiger partial charge in [-0.3, -0.25) is 14.6 Å². The third kappa shape index (κ3) is 5.24. The number of ether oxygens (including phenoxy) is 1. The lowest BCUT2D eigenvalue weighted by Crippen LogP contribution is -2.39. The Labute approximate surface area is 204 Å². The fourth-order valence-corrected chi connectivity index (χ4v) is 5.47. The molecule has 0 spiro atoms. The average molecular weight is 543 g/mol. The third-order valence-electron chi connectivity index (χ3n) is 5.28. The van der Waals surface area contributed by atoms with Crippen molar-refractivity contribution < 1.29 is 9.53 Å². The summed E-state index contributed by atoms with van der Waals surface area (Å²) >= 11 is 17.7. The van der Waals surface area contributed by atoms with Crippen LogP contribution in [0, 0.1) is 6.92 Å². The SMILES string of the molecule is Cc1ccc(Cl)c2sc(N(CCCN3CCOCC3)C(=O)c3cc(Br)ccc3Cl)nc12. The first kappa shape index (κ1) is 23.0. The molecule has 5 nitrogen and oxygen atoms in total. The zero-order valence-corrected chi connectivity index (χ0v) is 21.0. The third-order valence-corrected chi connectivity index (χ3v) is 7.64.